The van der Waals surface area contributed by atoms with Crippen LogP contribution in [0.2, 0.25) is 0 Å². The number of carbonyl (C=O) groups is 1. The second-order valence-electron chi connectivity index (χ2n) is 4.19. The molecule has 1 aromatic carbocycles. The number of anilines is 1. The van der Waals surface area contributed by atoms with Gasteiger partial charge in [-0.2, -0.15) is 0 Å². The lowest BCUT2D eigenvalue weighted by Gasteiger charge is -2.17. The Labute approximate surface area is 103 Å². The fourth-order valence-electron chi connectivity index (χ4n) is 1.95. The lowest BCUT2D eigenvalue weighted by Crippen LogP contribution is -2.24. The summed E-state index contributed by atoms with van der Waals surface area (Å²) in [6.45, 7) is 2.70. The van der Waals surface area contributed by atoms with Gasteiger partial charge in [0, 0.05) is 35.7 Å². The number of hydrogen-bond acceptors (Lipinski definition) is 2. The summed E-state index contributed by atoms with van der Waals surface area (Å²) in [7, 11) is 0. The summed E-state index contributed by atoms with van der Waals surface area (Å²) in [4.78, 5) is 13.5. The fourth-order valence-corrected chi connectivity index (χ4v) is 2.20. The monoisotopic (exact) mass is 283 g/mol. The summed E-state index contributed by atoms with van der Waals surface area (Å²) in [5.41, 5.74) is 2.03. The summed E-state index contributed by atoms with van der Waals surface area (Å²) in [6, 6.07) is 5.86. The SMILES string of the molecule is Cc1cc(N2CC(CO)CC2=O)ccc1Br. The molecule has 86 valence electrons. The van der Waals surface area contributed by atoms with Crippen LogP contribution < -0.4 is 4.90 Å². The molecule has 0 aliphatic carbocycles. The van der Waals surface area contributed by atoms with Gasteiger partial charge in [0.25, 0.3) is 0 Å². The van der Waals surface area contributed by atoms with Crippen molar-refractivity contribution in [2.24, 2.45) is 5.92 Å². The second kappa shape index (κ2) is 4.55. The van der Waals surface area contributed by atoms with Crippen LogP contribution in [0.4, 0.5) is 5.69 Å². The van der Waals surface area contributed by atoms with E-state index < -0.39 is 0 Å². The van der Waals surface area contributed by atoms with E-state index in [1.54, 1.807) is 4.90 Å². The number of rotatable bonds is 2. The molecule has 1 aromatic rings. The van der Waals surface area contributed by atoms with E-state index in [-0.39, 0.29) is 18.4 Å². The minimum atomic E-state index is 0.0800. The first-order valence-electron chi connectivity index (χ1n) is 5.29. The van der Waals surface area contributed by atoms with Gasteiger partial charge in [-0.3, -0.25) is 4.79 Å². The number of halogens is 1. The number of amides is 1. The molecule has 3 nitrogen and oxygen atoms in total. The maximum atomic E-state index is 11.7. The molecular formula is C12H14BrNO2. The van der Waals surface area contributed by atoms with E-state index in [1.807, 2.05) is 25.1 Å². The number of aliphatic hydroxyl groups excluding tert-OH is 1. The smallest absolute Gasteiger partial charge is 0.227 e. The van der Waals surface area contributed by atoms with Crippen molar-refractivity contribution in [3.63, 3.8) is 0 Å². The Hall–Kier alpha value is -0.870. The summed E-state index contributed by atoms with van der Waals surface area (Å²) < 4.78 is 1.04. The first-order valence-corrected chi connectivity index (χ1v) is 6.08. The zero-order chi connectivity index (χ0) is 11.7. The Balaban J connectivity index is 2.24. The van der Waals surface area contributed by atoms with E-state index in [0.29, 0.717) is 13.0 Å². The van der Waals surface area contributed by atoms with E-state index in [9.17, 15) is 4.79 Å². The fraction of sp³-hybridized carbons (Fsp3) is 0.417. The highest BCUT2D eigenvalue weighted by molar-refractivity contribution is 9.10. The van der Waals surface area contributed by atoms with Crippen LogP contribution in [0.3, 0.4) is 0 Å². The standard InChI is InChI=1S/C12H14BrNO2/c1-8-4-10(2-3-11(8)13)14-6-9(7-15)5-12(14)16/h2-4,9,15H,5-7H2,1H3. The maximum absolute atomic E-state index is 11.7. The average Bonchev–Trinajstić information content (AvgIpc) is 2.64. The van der Waals surface area contributed by atoms with Gasteiger partial charge < -0.3 is 10.0 Å². The number of aryl methyl sites for hydroxylation is 1. The number of hydrogen-bond donors (Lipinski definition) is 1. The van der Waals surface area contributed by atoms with E-state index >= 15 is 0 Å². The third kappa shape index (κ3) is 2.13. The molecule has 1 saturated heterocycles. The molecule has 1 atom stereocenters. The van der Waals surface area contributed by atoms with E-state index in [2.05, 4.69) is 15.9 Å². The Kier molecular flexibility index (Phi) is 3.30. The van der Waals surface area contributed by atoms with Crippen LogP contribution in [0.5, 0.6) is 0 Å². The zero-order valence-electron chi connectivity index (χ0n) is 9.11. The van der Waals surface area contributed by atoms with Gasteiger partial charge >= 0.3 is 0 Å². The van der Waals surface area contributed by atoms with Gasteiger partial charge in [0.1, 0.15) is 0 Å². The van der Waals surface area contributed by atoms with Crippen molar-refractivity contribution < 1.29 is 9.90 Å². The number of aliphatic hydroxyl groups is 1. The molecule has 0 saturated carbocycles. The Morgan fingerprint density at radius 2 is 2.31 bits per heavy atom. The van der Waals surface area contributed by atoms with Crippen LogP contribution in [0.1, 0.15) is 12.0 Å². The van der Waals surface area contributed by atoms with Crippen molar-refractivity contribution >= 4 is 27.5 Å². The molecule has 0 radical (unpaired) electrons. The lowest BCUT2D eigenvalue weighted by molar-refractivity contribution is -0.117. The van der Waals surface area contributed by atoms with Crippen LogP contribution >= 0.6 is 15.9 Å². The molecule has 4 heteroatoms. The normalized spacial score (nSPS) is 20.6. The van der Waals surface area contributed by atoms with Gasteiger partial charge in [0.2, 0.25) is 5.91 Å². The quantitative estimate of drug-likeness (QED) is 0.903. The first kappa shape index (κ1) is 11.6. The van der Waals surface area contributed by atoms with Gasteiger partial charge in [-0.15, -0.1) is 0 Å². The molecular weight excluding hydrogens is 270 g/mol. The van der Waals surface area contributed by atoms with E-state index in [4.69, 9.17) is 5.11 Å². The van der Waals surface area contributed by atoms with Crippen LogP contribution in [-0.4, -0.2) is 24.2 Å². The Morgan fingerprint density at radius 3 is 2.88 bits per heavy atom. The average molecular weight is 284 g/mol. The van der Waals surface area contributed by atoms with Crippen molar-refractivity contribution in [2.75, 3.05) is 18.1 Å². The molecule has 1 heterocycles. The predicted octanol–water partition coefficient (Wildman–Crippen LogP) is 2.10. The minimum Gasteiger partial charge on any atom is -0.396 e. The topological polar surface area (TPSA) is 40.5 Å². The summed E-state index contributed by atoms with van der Waals surface area (Å²) in [6.07, 6.45) is 0.450. The first-order chi connectivity index (χ1) is 7.61. The molecule has 16 heavy (non-hydrogen) atoms. The molecule has 1 aliphatic rings. The predicted molar refractivity (Wildman–Crippen MR) is 66.4 cm³/mol. The van der Waals surface area contributed by atoms with Crippen LogP contribution in [0.15, 0.2) is 22.7 Å². The molecule has 0 spiro atoms. The largest absolute Gasteiger partial charge is 0.396 e. The highest BCUT2D eigenvalue weighted by atomic mass is 79.9. The number of nitrogens with zero attached hydrogens (tertiary/aromatic N) is 1. The lowest BCUT2D eigenvalue weighted by atomic mass is 10.1. The number of benzene rings is 1. The van der Waals surface area contributed by atoms with Crippen LogP contribution in [0.25, 0.3) is 0 Å². The van der Waals surface area contributed by atoms with Gasteiger partial charge in [-0.25, -0.2) is 0 Å². The van der Waals surface area contributed by atoms with Crippen molar-refractivity contribution in [3.05, 3.63) is 28.2 Å². The maximum Gasteiger partial charge on any atom is 0.227 e. The second-order valence-corrected chi connectivity index (χ2v) is 5.04. The number of carbonyl (C=O) groups excluding carboxylic acids is 1. The summed E-state index contributed by atoms with van der Waals surface area (Å²) in [5.74, 6) is 0.178. The van der Waals surface area contributed by atoms with Crippen molar-refractivity contribution in [3.8, 4) is 0 Å². The Bertz CT molecular complexity index is 419. The molecule has 0 bridgehead atoms. The molecule has 1 fully saturated rings. The summed E-state index contributed by atoms with van der Waals surface area (Å²) >= 11 is 3.44. The van der Waals surface area contributed by atoms with Crippen molar-refractivity contribution in [1.82, 2.24) is 0 Å². The molecule has 1 N–H and O–H groups in total. The van der Waals surface area contributed by atoms with E-state index in [1.165, 1.54) is 0 Å². The van der Waals surface area contributed by atoms with Crippen molar-refractivity contribution in [1.29, 1.82) is 0 Å². The molecule has 1 amide bonds. The van der Waals surface area contributed by atoms with Gasteiger partial charge in [-0.1, -0.05) is 15.9 Å². The van der Waals surface area contributed by atoms with Gasteiger partial charge in [0.05, 0.1) is 0 Å². The molecule has 1 aliphatic heterocycles. The third-order valence-electron chi connectivity index (χ3n) is 2.92. The highest BCUT2D eigenvalue weighted by Gasteiger charge is 2.29. The van der Waals surface area contributed by atoms with Crippen molar-refractivity contribution in [2.45, 2.75) is 13.3 Å². The minimum absolute atomic E-state index is 0.0800. The summed E-state index contributed by atoms with van der Waals surface area (Å²) in [5, 5.41) is 9.06. The van der Waals surface area contributed by atoms with Crippen LogP contribution in [0, 0.1) is 12.8 Å². The van der Waals surface area contributed by atoms with Gasteiger partial charge in [0.15, 0.2) is 0 Å². The molecule has 2 rings (SSSR count). The zero-order valence-corrected chi connectivity index (χ0v) is 10.7. The van der Waals surface area contributed by atoms with E-state index in [0.717, 1.165) is 15.7 Å². The molecule has 0 aromatic heterocycles. The van der Waals surface area contributed by atoms with Crippen LogP contribution in [-0.2, 0) is 4.79 Å². The highest BCUT2D eigenvalue weighted by Crippen LogP contribution is 2.28. The van der Waals surface area contributed by atoms with Gasteiger partial charge in [-0.05, 0) is 30.7 Å². The third-order valence-corrected chi connectivity index (χ3v) is 3.81. The Morgan fingerprint density at radius 1 is 1.56 bits per heavy atom. The molecule has 1 unspecified atom stereocenters.